The van der Waals surface area contributed by atoms with Crippen LogP contribution in [0.15, 0.2) is 70.7 Å². The number of aliphatic carboxylic acids is 2. The molecule has 3 aromatic rings. The van der Waals surface area contributed by atoms with Gasteiger partial charge in [0.1, 0.15) is 11.6 Å². The van der Waals surface area contributed by atoms with E-state index < -0.39 is 24.3 Å². The highest BCUT2D eigenvalue weighted by atomic mass is 35.5. The molecule has 0 atom stereocenters. The number of anilines is 2. The van der Waals surface area contributed by atoms with E-state index >= 15 is 0 Å². The van der Waals surface area contributed by atoms with Gasteiger partial charge in [-0.25, -0.2) is 19.6 Å². The molecule has 0 bridgehead atoms. The summed E-state index contributed by atoms with van der Waals surface area (Å²) in [5.74, 6) is -5.02. The van der Waals surface area contributed by atoms with Gasteiger partial charge in [0.25, 0.3) is 0 Å². The number of fused-ring (bicyclic) bond motifs is 1. The van der Waals surface area contributed by atoms with Gasteiger partial charge >= 0.3 is 24.3 Å². The minimum Gasteiger partial charge on any atom is -0.475 e. The number of benzene rings is 2. The number of carboxylic acids is 2. The molecule has 0 amide bonds. The molecule has 0 radical (unpaired) electrons. The number of carbonyl (C=O) groups is 2. The zero-order valence-corrected chi connectivity index (χ0v) is 22.4. The molecular weight excluding hydrogens is 616 g/mol. The van der Waals surface area contributed by atoms with Crippen molar-refractivity contribution in [2.75, 3.05) is 17.2 Å². The fourth-order valence-electron chi connectivity index (χ4n) is 2.85. The maximum absolute atomic E-state index is 10.6. The Labute approximate surface area is 242 Å². The van der Waals surface area contributed by atoms with E-state index in [9.17, 15) is 31.6 Å². The van der Waals surface area contributed by atoms with E-state index in [1.807, 2.05) is 48.5 Å². The van der Waals surface area contributed by atoms with Gasteiger partial charge in [0.2, 0.25) is 5.95 Å². The van der Waals surface area contributed by atoms with Crippen LogP contribution in [0.4, 0.5) is 38.0 Å². The van der Waals surface area contributed by atoms with Crippen LogP contribution in [0.1, 0.15) is 11.3 Å². The standard InChI is InChI=1S/C21H16ClN5S.2C2HF3O2/c22-15-5-3-4-14(12-15)8-10-24-21-25-11-9-17(27-21)16(13-23)20-26-18-6-1-2-7-19(18)28-20;2*3-2(4,5)1(6)7/h1-7,9,11-12,26H,8,10H2,(H,24,25,27);2*(H,6,7)/b20-16+;;. The summed E-state index contributed by atoms with van der Waals surface area (Å²) >= 11 is 7.56. The highest BCUT2D eigenvalue weighted by molar-refractivity contribution is 8.04. The number of thioether (sulfide) groups is 1. The van der Waals surface area contributed by atoms with Gasteiger partial charge in [-0.1, -0.05) is 47.6 Å². The third-order valence-corrected chi connectivity index (χ3v) is 5.99. The van der Waals surface area contributed by atoms with Crippen LogP contribution >= 0.6 is 23.4 Å². The second-order valence-electron chi connectivity index (χ2n) is 7.72. The average Bonchev–Trinajstić information content (AvgIpc) is 3.33. The maximum Gasteiger partial charge on any atom is 0.490 e. The fraction of sp³-hybridized carbons (Fsp3) is 0.160. The smallest absolute Gasteiger partial charge is 0.475 e. The van der Waals surface area contributed by atoms with E-state index in [-0.39, 0.29) is 0 Å². The van der Waals surface area contributed by atoms with Crippen LogP contribution in [-0.2, 0) is 16.0 Å². The van der Waals surface area contributed by atoms with E-state index in [0.717, 1.165) is 32.6 Å². The number of halogens is 7. The summed E-state index contributed by atoms with van der Waals surface area (Å²) in [6.07, 6.45) is -7.71. The van der Waals surface area contributed by atoms with Crippen molar-refractivity contribution in [1.82, 2.24) is 9.97 Å². The van der Waals surface area contributed by atoms with Gasteiger partial charge in [-0.3, -0.25) is 0 Å². The van der Waals surface area contributed by atoms with Gasteiger partial charge in [-0.2, -0.15) is 31.6 Å². The number of carboxylic acid groups (broad SMARTS) is 2. The number of hydrogen-bond donors (Lipinski definition) is 4. The number of para-hydroxylation sites is 1. The molecule has 222 valence electrons. The van der Waals surface area contributed by atoms with Crippen LogP contribution in [0.2, 0.25) is 5.02 Å². The lowest BCUT2D eigenvalue weighted by Gasteiger charge is -2.08. The molecule has 0 spiro atoms. The quantitative estimate of drug-likeness (QED) is 0.182. The van der Waals surface area contributed by atoms with Crippen molar-refractivity contribution >= 4 is 52.5 Å². The van der Waals surface area contributed by atoms with Crippen molar-refractivity contribution in [3.05, 3.63) is 82.1 Å². The normalized spacial score (nSPS) is 13.1. The zero-order valence-electron chi connectivity index (χ0n) is 20.8. The number of allylic oxidation sites excluding steroid dienone is 1. The van der Waals surface area contributed by atoms with E-state index in [1.54, 1.807) is 12.3 Å². The number of nitrogens with one attached hydrogen (secondary N) is 2. The lowest BCUT2D eigenvalue weighted by molar-refractivity contribution is -0.193. The SMILES string of the molecule is N#C/C(=C1/Nc2ccccc2S1)c1ccnc(NCCc2cccc(Cl)c2)n1.O=C(O)C(F)(F)F.O=C(O)C(F)(F)F. The Morgan fingerprint density at radius 1 is 1.00 bits per heavy atom. The molecule has 4 N–H and O–H groups in total. The first-order valence-electron chi connectivity index (χ1n) is 11.2. The van der Waals surface area contributed by atoms with Crippen molar-refractivity contribution in [2.45, 2.75) is 23.7 Å². The molecule has 0 fully saturated rings. The monoisotopic (exact) mass is 633 g/mol. The van der Waals surface area contributed by atoms with Crippen molar-refractivity contribution < 1.29 is 46.1 Å². The van der Waals surface area contributed by atoms with Gasteiger partial charge in [0.05, 0.1) is 16.4 Å². The Balaban J connectivity index is 0.000000367. The number of rotatable bonds is 5. The number of aromatic nitrogens is 2. The molecule has 1 aromatic heterocycles. The van der Waals surface area contributed by atoms with Crippen LogP contribution in [-0.4, -0.2) is 51.0 Å². The van der Waals surface area contributed by atoms with Crippen molar-refractivity contribution in [1.29, 1.82) is 5.26 Å². The van der Waals surface area contributed by atoms with Gasteiger partial charge < -0.3 is 20.8 Å². The van der Waals surface area contributed by atoms with Gasteiger partial charge in [0, 0.05) is 22.7 Å². The number of nitrogens with zero attached hydrogens (tertiary/aromatic N) is 3. The summed E-state index contributed by atoms with van der Waals surface area (Å²) in [7, 11) is 0. The molecule has 1 aliphatic heterocycles. The lowest BCUT2D eigenvalue weighted by atomic mass is 10.1. The van der Waals surface area contributed by atoms with Crippen molar-refractivity contribution in [2.24, 2.45) is 0 Å². The molecule has 0 saturated heterocycles. The van der Waals surface area contributed by atoms with E-state index in [1.165, 1.54) is 11.8 Å². The summed E-state index contributed by atoms with van der Waals surface area (Å²) in [6.45, 7) is 0.667. The molecule has 2 heterocycles. The molecule has 0 aliphatic carbocycles. The third kappa shape index (κ3) is 10.8. The largest absolute Gasteiger partial charge is 0.490 e. The van der Waals surface area contributed by atoms with E-state index in [2.05, 4.69) is 26.7 Å². The Hall–Kier alpha value is -4.49. The predicted octanol–water partition coefficient (Wildman–Crippen LogP) is 6.46. The number of hydrogen-bond acceptors (Lipinski definition) is 8. The molecule has 0 unspecified atom stereocenters. The number of alkyl halides is 6. The third-order valence-electron chi connectivity index (χ3n) is 4.67. The Kier molecular flexibility index (Phi) is 12.0. The van der Waals surface area contributed by atoms with Crippen LogP contribution in [0.3, 0.4) is 0 Å². The first kappa shape index (κ1) is 33.7. The summed E-state index contributed by atoms with van der Waals surface area (Å²) in [4.78, 5) is 27.7. The summed E-state index contributed by atoms with van der Waals surface area (Å²) in [5, 5.41) is 32.0. The Morgan fingerprint density at radius 2 is 1.62 bits per heavy atom. The topological polar surface area (TPSA) is 148 Å². The highest BCUT2D eigenvalue weighted by Crippen LogP contribution is 2.43. The van der Waals surface area contributed by atoms with Gasteiger partial charge in [-0.15, -0.1) is 0 Å². The highest BCUT2D eigenvalue weighted by Gasteiger charge is 2.38. The van der Waals surface area contributed by atoms with E-state index in [4.69, 9.17) is 31.4 Å². The Bertz CT molecular complexity index is 1440. The fourth-order valence-corrected chi connectivity index (χ4v) is 4.07. The molecular formula is C25H18ClF6N5O4S. The molecule has 9 nitrogen and oxygen atoms in total. The molecule has 1 aliphatic rings. The Morgan fingerprint density at radius 3 is 2.17 bits per heavy atom. The molecule has 4 rings (SSSR count). The van der Waals surface area contributed by atoms with Crippen LogP contribution in [0, 0.1) is 11.3 Å². The van der Waals surface area contributed by atoms with E-state index in [0.29, 0.717) is 23.8 Å². The lowest BCUT2D eigenvalue weighted by Crippen LogP contribution is -2.21. The average molecular weight is 634 g/mol. The summed E-state index contributed by atoms with van der Waals surface area (Å²) in [5.41, 5.74) is 3.23. The van der Waals surface area contributed by atoms with Crippen molar-refractivity contribution in [3.8, 4) is 6.07 Å². The molecule has 0 saturated carbocycles. The summed E-state index contributed by atoms with van der Waals surface area (Å²) < 4.78 is 63.5. The minimum absolute atomic E-state index is 0.494. The van der Waals surface area contributed by atoms with Crippen LogP contribution in [0.25, 0.3) is 5.57 Å². The first-order chi connectivity index (χ1) is 19.6. The molecule has 2 aromatic carbocycles. The molecule has 42 heavy (non-hydrogen) atoms. The second-order valence-corrected chi connectivity index (χ2v) is 9.21. The minimum atomic E-state index is -5.08. The van der Waals surface area contributed by atoms with Crippen LogP contribution in [0.5, 0.6) is 0 Å². The number of nitriles is 1. The predicted molar refractivity (Wildman–Crippen MR) is 142 cm³/mol. The van der Waals surface area contributed by atoms with Crippen LogP contribution < -0.4 is 10.6 Å². The van der Waals surface area contributed by atoms with Gasteiger partial charge in [0.15, 0.2) is 0 Å². The second kappa shape index (κ2) is 14.9. The zero-order chi connectivity index (χ0) is 31.5. The molecule has 17 heteroatoms. The van der Waals surface area contributed by atoms with Gasteiger partial charge in [-0.05, 0) is 42.3 Å². The maximum atomic E-state index is 10.6. The van der Waals surface area contributed by atoms with Crippen molar-refractivity contribution in [3.63, 3.8) is 0 Å². The summed E-state index contributed by atoms with van der Waals surface area (Å²) in [6, 6.07) is 19.8. The first-order valence-corrected chi connectivity index (χ1v) is 12.4.